The van der Waals surface area contributed by atoms with E-state index in [2.05, 4.69) is 26.2 Å². The van der Waals surface area contributed by atoms with Crippen molar-refractivity contribution in [2.45, 2.75) is 0 Å². The molecule has 21 heavy (non-hydrogen) atoms. The number of nitrogens with one attached hydrogen (secondary N) is 1. The van der Waals surface area contributed by atoms with Crippen LogP contribution in [0.25, 0.3) is 10.2 Å². The molecular weight excluding hydrogens is 378 g/mol. The SMILES string of the molecule is O=C(Nc1nc2ccc([N+](=O)[O-])cc2s1)c1ccc(Br)s1. The average molecular weight is 384 g/mol. The summed E-state index contributed by atoms with van der Waals surface area (Å²) >= 11 is 5.82. The van der Waals surface area contributed by atoms with Gasteiger partial charge in [0.05, 0.1) is 23.8 Å². The third-order valence-electron chi connectivity index (χ3n) is 2.60. The third kappa shape index (κ3) is 2.94. The number of hydrogen-bond donors (Lipinski definition) is 1. The maximum atomic E-state index is 12.0. The van der Waals surface area contributed by atoms with Crippen LogP contribution in [0, 0.1) is 10.1 Å². The fourth-order valence-electron chi connectivity index (χ4n) is 1.68. The second-order valence-electron chi connectivity index (χ2n) is 3.99. The highest BCUT2D eigenvalue weighted by Crippen LogP contribution is 2.30. The van der Waals surface area contributed by atoms with Crippen LogP contribution >= 0.6 is 38.6 Å². The summed E-state index contributed by atoms with van der Waals surface area (Å²) in [5, 5.41) is 13.8. The number of halogens is 1. The van der Waals surface area contributed by atoms with Crippen LogP contribution in [-0.2, 0) is 0 Å². The number of carbonyl (C=O) groups is 1. The largest absolute Gasteiger partial charge is 0.297 e. The van der Waals surface area contributed by atoms with Crippen molar-refractivity contribution < 1.29 is 9.72 Å². The first-order valence-corrected chi connectivity index (χ1v) is 8.07. The van der Waals surface area contributed by atoms with E-state index in [-0.39, 0.29) is 11.6 Å². The molecule has 0 aliphatic heterocycles. The second kappa shape index (κ2) is 5.51. The zero-order valence-electron chi connectivity index (χ0n) is 10.2. The van der Waals surface area contributed by atoms with Gasteiger partial charge in [-0.1, -0.05) is 11.3 Å². The summed E-state index contributed by atoms with van der Waals surface area (Å²) in [5.41, 5.74) is 0.625. The molecule has 1 amide bonds. The van der Waals surface area contributed by atoms with Crippen LogP contribution in [0.3, 0.4) is 0 Å². The molecule has 0 fully saturated rings. The summed E-state index contributed by atoms with van der Waals surface area (Å²) in [6.45, 7) is 0. The molecule has 0 atom stereocenters. The van der Waals surface area contributed by atoms with Crippen molar-refractivity contribution in [2.75, 3.05) is 5.32 Å². The molecule has 0 saturated carbocycles. The van der Waals surface area contributed by atoms with Crippen LogP contribution in [0.15, 0.2) is 34.1 Å². The molecule has 0 radical (unpaired) electrons. The molecule has 1 N–H and O–H groups in total. The number of thiazole rings is 1. The molecule has 1 aromatic carbocycles. The van der Waals surface area contributed by atoms with Gasteiger partial charge in [-0.3, -0.25) is 20.2 Å². The van der Waals surface area contributed by atoms with Crippen molar-refractivity contribution >= 4 is 65.5 Å². The van der Waals surface area contributed by atoms with E-state index in [1.165, 1.54) is 34.8 Å². The van der Waals surface area contributed by atoms with E-state index in [0.717, 1.165) is 3.79 Å². The highest BCUT2D eigenvalue weighted by molar-refractivity contribution is 9.11. The van der Waals surface area contributed by atoms with Gasteiger partial charge < -0.3 is 0 Å². The predicted octanol–water partition coefficient (Wildman–Crippen LogP) is 4.28. The van der Waals surface area contributed by atoms with Gasteiger partial charge in [-0.25, -0.2) is 4.98 Å². The van der Waals surface area contributed by atoms with Gasteiger partial charge in [0.15, 0.2) is 5.13 Å². The first kappa shape index (κ1) is 14.1. The minimum atomic E-state index is -0.458. The van der Waals surface area contributed by atoms with Crippen molar-refractivity contribution in [3.8, 4) is 0 Å². The number of amides is 1. The predicted molar refractivity (Wildman–Crippen MR) is 86.2 cm³/mol. The summed E-state index contributed by atoms with van der Waals surface area (Å²) in [6, 6.07) is 7.92. The molecule has 0 aliphatic carbocycles. The second-order valence-corrected chi connectivity index (χ2v) is 7.48. The number of hydrogen-bond acceptors (Lipinski definition) is 6. The molecule has 3 rings (SSSR count). The van der Waals surface area contributed by atoms with Crippen LogP contribution in [0.2, 0.25) is 0 Å². The Bertz CT molecular complexity index is 858. The molecule has 0 unspecified atom stereocenters. The van der Waals surface area contributed by atoms with E-state index in [1.54, 1.807) is 18.2 Å². The quantitative estimate of drug-likeness (QED) is 0.540. The molecule has 9 heteroatoms. The molecule has 0 spiro atoms. The lowest BCUT2D eigenvalue weighted by Crippen LogP contribution is -2.09. The van der Waals surface area contributed by atoms with E-state index in [4.69, 9.17) is 0 Å². The molecule has 106 valence electrons. The molecule has 6 nitrogen and oxygen atoms in total. The lowest BCUT2D eigenvalue weighted by molar-refractivity contribution is -0.384. The summed E-state index contributed by atoms with van der Waals surface area (Å²) < 4.78 is 1.53. The number of non-ortho nitro benzene ring substituents is 1. The van der Waals surface area contributed by atoms with Gasteiger partial charge in [0.1, 0.15) is 0 Å². The van der Waals surface area contributed by atoms with Gasteiger partial charge in [-0.15, -0.1) is 11.3 Å². The first-order valence-electron chi connectivity index (χ1n) is 5.64. The first-order chi connectivity index (χ1) is 10.0. The van der Waals surface area contributed by atoms with E-state index in [1.807, 2.05) is 0 Å². The van der Waals surface area contributed by atoms with Crippen molar-refractivity contribution in [2.24, 2.45) is 0 Å². The number of benzene rings is 1. The number of thiophene rings is 1. The molecule has 3 aromatic rings. The van der Waals surface area contributed by atoms with Crippen LogP contribution in [0.4, 0.5) is 10.8 Å². The Morgan fingerprint density at radius 2 is 2.10 bits per heavy atom. The average Bonchev–Trinajstić information content (AvgIpc) is 3.03. The smallest absolute Gasteiger partial charge is 0.270 e. The summed E-state index contributed by atoms with van der Waals surface area (Å²) in [6.07, 6.45) is 0. The summed E-state index contributed by atoms with van der Waals surface area (Å²) in [5.74, 6) is -0.251. The normalized spacial score (nSPS) is 10.7. The monoisotopic (exact) mass is 383 g/mol. The number of nitrogens with zero attached hydrogens (tertiary/aromatic N) is 2. The zero-order chi connectivity index (χ0) is 15.0. The van der Waals surface area contributed by atoms with E-state index < -0.39 is 4.92 Å². The zero-order valence-corrected chi connectivity index (χ0v) is 13.4. The summed E-state index contributed by atoms with van der Waals surface area (Å²) in [4.78, 5) is 27.1. The molecule has 2 aromatic heterocycles. The van der Waals surface area contributed by atoms with Gasteiger partial charge in [0.2, 0.25) is 0 Å². The number of nitro benzene ring substituents is 1. The number of nitro groups is 1. The van der Waals surface area contributed by atoms with E-state index in [0.29, 0.717) is 20.2 Å². The lowest BCUT2D eigenvalue weighted by Gasteiger charge is -1.96. The van der Waals surface area contributed by atoms with Crippen LogP contribution in [0.5, 0.6) is 0 Å². The number of aromatic nitrogens is 1. The van der Waals surface area contributed by atoms with E-state index in [9.17, 15) is 14.9 Å². The molecule has 0 saturated heterocycles. The standard InChI is InChI=1S/C12H6BrN3O3S2/c13-10-4-3-8(20-10)11(17)15-12-14-7-2-1-6(16(18)19)5-9(7)21-12/h1-5H,(H,14,15,17). The van der Waals surface area contributed by atoms with Crippen molar-refractivity contribution in [3.63, 3.8) is 0 Å². The van der Waals surface area contributed by atoms with Crippen molar-refractivity contribution in [3.05, 3.63) is 49.1 Å². The van der Waals surface area contributed by atoms with Gasteiger partial charge >= 0.3 is 0 Å². The third-order valence-corrected chi connectivity index (χ3v) is 5.16. The Kier molecular flexibility index (Phi) is 3.70. The maximum absolute atomic E-state index is 12.0. The topological polar surface area (TPSA) is 85.1 Å². The molecule has 0 aliphatic rings. The molecule has 0 bridgehead atoms. The summed E-state index contributed by atoms with van der Waals surface area (Å²) in [7, 11) is 0. The minimum Gasteiger partial charge on any atom is -0.297 e. The Balaban J connectivity index is 1.87. The maximum Gasteiger partial charge on any atom is 0.270 e. The van der Waals surface area contributed by atoms with Gasteiger partial charge in [-0.2, -0.15) is 0 Å². The molecule has 2 heterocycles. The Hall–Kier alpha value is -1.84. The Morgan fingerprint density at radius 1 is 1.29 bits per heavy atom. The van der Waals surface area contributed by atoms with E-state index >= 15 is 0 Å². The highest BCUT2D eigenvalue weighted by Gasteiger charge is 2.14. The lowest BCUT2D eigenvalue weighted by atomic mass is 10.3. The van der Waals surface area contributed by atoms with Gasteiger partial charge in [-0.05, 0) is 34.1 Å². The Labute approximate surface area is 134 Å². The number of rotatable bonds is 3. The van der Waals surface area contributed by atoms with Crippen molar-refractivity contribution in [1.82, 2.24) is 4.98 Å². The van der Waals surface area contributed by atoms with Gasteiger partial charge in [0.25, 0.3) is 11.6 Å². The van der Waals surface area contributed by atoms with Gasteiger partial charge in [0, 0.05) is 12.1 Å². The van der Waals surface area contributed by atoms with Crippen LogP contribution in [-0.4, -0.2) is 15.8 Å². The highest BCUT2D eigenvalue weighted by atomic mass is 79.9. The van der Waals surface area contributed by atoms with Crippen LogP contribution in [0.1, 0.15) is 9.67 Å². The molecular formula is C12H6BrN3O3S2. The number of carbonyl (C=O) groups excluding carboxylic acids is 1. The van der Waals surface area contributed by atoms with Crippen molar-refractivity contribution in [1.29, 1.82) is 0 Å². The number of anilines is 1. The minimum absolute atomic E-state index is 0.00575. The number of fused-ring (bicyclic) bond motifs is 1. The van der Waals surface area contributed by atoms with Crippen LogP contribution < -0.4 is 5.32 Å². The fraction of sp³-hybridized carbons (Fsp3) is 0. The Morgan fingerprint density at radius 3 is 2.76 bits per heavy atom. The fourth-order valence-corrected chi connectivity index (χ4v) is 3.85.